The third kappa shape index (κ3) is 3.69. The average Bonchev–Trinajstić information content (AvgIpc) is 3.62. The van der Waals surface area contributed by atoms with Crippen molar-refractivity contribution < 1.29 is 4.39 Å². The summed E-state index contributed by atoms with van der Waals surface area (Å²) in [5.74, 6) is 1.80. The summed E-state index contributed by atoms with van der Waals surface area (Å²) in [6, 6.07) is 19.1. The molecule has 0 amide bonds. The van der Waals surface area contributed by atoms with Gasteiger partial charge in [0.2, 0.25) is 0 Å². The fourth-order valence-electron chi connectivity index (χ4n) is 7.98. The third-order valence-corrected chi connectivity index (χ3v) is 9.64. The van der Waals surface area contributed by atoms with E-state index in [1.54, 1.807) is 0 Å². The summed E-state index contributed by atoms with van der Waals surface area (Å²) in [6.45, 7) is 6.91. The van der Waals surface area contributed by atoms with E-state index in [9.17, 15) is 4.39 Å². The van der Waals surface area contributed by atoms with Crippen molar-refractivity contribution in [3.8, 4) is 0 Å². The number of hydrogen-bond acceptors (Lipinski definition) is 3. The molecule has 4 nitrogen and oxygen atoms in total. The molecule has 190 valence electrons. The van der Waals surface area contributed by atoms with Gasteiger partial charge in [-0.1, -0.05) is 37.3 Å². The molecule has 3 aromatic rings. The highest BCUT2D eigenvalue weighted by Gasteiger charge is 2.51. The first-order valence-corrected chi connectivity index (χ1v) is 14.2. The maximum Gasteiger partial charge on any atom is 0.134 e. The number of likely N-dealkylation sites (tertiary alicyclic amines) is 1. The summed E-state index contributed by atoms with van der Waals surface area (Å²) in [5, 5.41) is 4.88. The molecule has 5 heteroatoms. The van der Waals surface area contributed by atoms with Gasteiger partial charge in [0, 0.05) is 47.5 Å². The fourth-order valence-corrected chi connectivity index (χ4v) is 7.98. The number of anilines is 1. The molecule has 0 spiro atoms. The van der Waals surface area contributed by atoms with Crippen molar-refractivity contribution in [3.05, 3.63) is 65.4 Å². The van der Waals surface area contributed by atoms with Gasteiger partial charge in [-0.15, -0.1) is 0 Å². The first kappa shape index (κ1) is 22.8. The van der Waals surface area contributed by atoms with Crippen LogP contribution in [0.1, 0.15) is 62.4 Å². The second-order valence-electron chi connectivity index (χ2n) is 12.0. The molecule has 1 unspecified atom stereocenters. The zero-order chi connectivity index (χ0) is 24.4. The van der Waals surface area contributed by atoms with Gasteiger partial charge in [0.05, 0.1) is 12.1 Å². The molecular formula is C31H39FN4. The molecule has 3 aliphatic carbocycles. The molecule has 1 saturated heterocycles. The van der Waals surface area contributed by atoms with Gasteiger partial charge in [0.1, 0.15) is 6.17 Å². The Labute approximate surface area is 214 Å². The van der Waals surface area contributed by atoms with Gasteiger partial charge in [-0.2, -0.15) is 0 Å². The van der Waals surface area contributed by atoms with E-state index in [1.807, 2.05) is 0 Å². The first-order valence-electron chi connectivity index (χ1n) is 14.2. The zero-order valence-corrected chi connectivity index (χ0v) is 21.6. The first-order chi connectivity index (χ1) is 17.6. The van der Waals surface area contributed by atoms with Crippen molar-refractivity contribution in [3.63, 3.8) is 0 Å². The van der Waals surface area contributed by atoms with E-state index in [0.29, 0.717) is 18.6 Å². The number of aromatic nitrogens is 1. The van der Waals surface area contributed by atoms with Crippen LogP contribution in [-0.4, -0.2) is 58.7 Å². The number of nitrogens with zero attached hydrogens (tertiary/aromatic N) is 2. The number of H-pyrrole nitrogens is 1. The van der Waals surface area contributed by atoms with Crippen molar-refractivity contribution in [2.75, 3.05) is 25.0 Å². The van der Waals surface area contributed by atoms with Crippen LogP contribution in [0.2, 0.25) is 0 Å². The van der Waals surface area contributed by atoms with Crippen LogP contribution < -0.4 is 5.32 Å². The van der Waals surface area contributed by atoms with Crippen LogP contribution in [0.25, 0.3) is 10.9 Å². The monoisotopic (exact) mass is 486 g/mol. The van der Waals surface area contributed by atoms with E-state index in [2.05, 4.69) is 82.5 Å². The lowest BCUT2D eigenvalue weighted by molar-refractivity contribution is 0.0712. The molecule has 3 heterocycles. The molecule has 2 aromatic carbocycles. The molecular weight excluding hydrogens is 447 g/mol. The second-order valence-corrected chi connectivity index (χ2v) is 12.0. The molecule has 2 N–H and O–H groups in total. The Kier molecular flexibility index (Phi) is 5.62. The summed E-state index contributed by atoms with van der Waals surface area (Å²) in [6.07, 6.45) is 5.57. The summed E-state index contributed by atoms with van der Waals surface area (Å²) >= 11 is 0. The van der Waals surface area contributed by atoms with E-state index < -0.39 is 6.17 Å². The Hall–Kier alpha value is -2.37. The number of nitrogens with one attached hydrogen (secondary N) is 2. The molecule has 8 rings (SSSR count). The molecule has 5 atom stereocenters. The van der Waals surface area contributed by atoms with Gasteiger partial charge >= 0.3 is 0 Å². The summed E-state index contributed by atoms with van der Waals surface area (Å²) in [7, 11) is 0. The molecule has 3 saturated carbocycles. The smallest absolute Gasteiger partial charge is 0.134 e. The van der Waals surface area contributed by atoms with Crippen molar-refractivity contribution in [1.29, 1.82) is 0 Å². The highest BCUT2D eigenvalue weighted by molar-refractivity contribution is 5.85. The number of para-hydroxylation sites is 1. The fraction of sp³-hybridized carbons (Fsp3) is 0.548. The van der Waals surface area contributed by atoms with Crippen molar-refractivity contribution in [2.24, 2.45) is 11.8 Å². The molecule has 5 aliphatic rings. The van der Waals surface area contributed by atoms with E-state index in [1.165, 1.54) is 47.0 Å². The van der Waals surface area contributed by atoms with Gasteiger partial charge in [0.25, 0.3) is 0 Å². The second kappa shape index (κ2) is 8.88. The highest BCUT2D eigenvalue weighted by Crippen LogP contribution is 2.54. The Balaban J connectivity index is 1.21. The predicted molar refractivity (Wildman–Crippen MR) is 145 cm³/mol. The van der Waals surface area contributed by atoms with E-state index in [4.69, 9.17) is 0 Å². The van der Waals surface area contributed by atoms with Crippen LogP contribution in [0.15, 0.2) is 48.5 Å². The lowest BCUT2D eigenvalue weighted by Gasteiger charge is -2.46. The zero-order valence-electron chi connectivity index (χ0n) is 21.6. The number of halogens is 1. The van der Waals surface area contributed by atoms with Crippen molar-refractivity contribution in [1.82, 2.24) is 14.8 Å². The normalized spacial score (nSPS) is 34.1. The predicted octanol–water partition coefficient (Wildman–Crippen LogP) is 6.15. The molecule has 1 aromatic heterocycles. The summed E-state index contributed by atoms with van der Waals surface area (Å²) < 4.78 is 14.7. The van der Waals surface area contributed by atoms with Crippen LogP contribution >= 0.6 is 0 Å². The van der Waals surface area contributed by atoms with Crippen molar-refractivity contribution >= 4 is 16.6 Å². The quantitative estimate of drug-likeness (QED) is 0.439. The average molecular weight is 487 g/mol. The Morgan fingerprint density at radius 1 is 1.03 bits per heavy atom. The topological polar surface area (TPSA) is 34.3 Å². The summed E-state index contributed by atoms with van der Waals surface area (Å²) in [5.41, 5.74) is 6.51. The number of hydrogen-bond donors (Lipinski definition) is 2. The van der Waals surface area contributed by atoms with Gasteiger partial charge in [-0.05, 0) is 86.7 Å². The van der Waals surface area contributed by atoms with E-state index >= 15 is 0 Å². The molecule has 2 aliphatic heterocycles. The van der Waals surface area contributed by atoms with E-state index in [-0.39, 0.29) is 12.1 Å². The molecule has 36 heavy (non-hydrogen) atoms. The SMILES string of the molecule is CCCN1C[C@@H](F)[C@H](Nc2ccc([C@@H]3c4[nH]c5ccccc5c4C[C@@H](C)N3C3CC4CC3C4)cc2)C1. The van der Waals surface area contributed by atoms with E-state index in [0.717, 1.165) is 43.5 Å². The molecule has 2 bridgehead atoms. The summed E-state index contributed by atoms with van der Waals surface area (Å²) in [4.78, 5) is 8.95. The number of fused-ring (bicyclic) bond motifs is 4. The Morgan fingerprint density at radius 3 is 2.58 bits per heavy atom. The maximum absolute atomic E-state index is 14.7. The number of rotatable bonds is 6. The van der Waals surface area contributed by atoms with Gasteiger partial charge in [0.15, 0.2) is 0 Å². The van der Waals surface area contributed by atoms with Crippen LogP contribution in [0.3, 0.4) is 0 Å². The molecule has 0 radical (unpaired) electrons. The Morgan fingerprint density at radius 2 is 1.83 bits per heavy atom. The van der Waals surface area contributed by atoms with Crippen LogP contribution in [-0.2, 0) is 6.42 Å². The van der Waals surface area contributed by atoms with Gasteiger partial charge in [-0.3, -0.25) is 9.80 Å². The van der Waals surface area contributed by atoms with Gasteiger partial charge in [-0.25, -0.2) is 4.39 Å². The minimum absolute atomic E-state index is 0.126. The number of benzene rings is 2. The maximum atomic E-state index is 14.7. The number of aromatic amines is 1. The van der Waals surface area contributed by atoms with Crippen LogP contribution in [0, 0.1) is 11.8 Å². The third-order valence-electron chi connectivity index (χ3n) is 9.64. The lowest BCUT2D eigenvalue weighted by Crippen LogP contribution is -2.49. The minimum Gasteiger partial charge on any atom is -0.378 e. The number of alkyl halides is 1. The Bertz CT molecular complexity index is 1230. The highest BCUT2D eigenvalue weighted by atomic mass is 19.1. The minimum atomic E-state index is -0.811. The lowest BCUT2D eigenvalue weighted by atomic mass is 9.82. The largest absolute Gasteiger partial charge is 0.378 e. The molecule has 4 fully saturated rings. The van der Waals surface area contributed by atoms with Crippen LogP contribution in [0.5, 0.6) is 0 Å². The van der Waals surface area contributed by atoms with Crippen molar-refractivity contribution in [2.45, 2.75) is 76.3 Å². The standard InChI is InChI=1S/C31H39FN4/c1-3-12-35-17-26(32)28(18-35)33-23-10-8-21(9-11-23)31-30-25(24-6-4-5-7-27(24)34-30)13-19(2)36(31)29-16-20-14-22(29)15-20/h4-11,19-20,22,26,28-29,31,33-34H,3,12-18H2,1-2H3/t19-,20?,22?,26-,28-,29?,31-/m1/s1. The van der Waals surface area contributed by atoms with Gasteiger partial charge < -0.3 is 10.3 Å². The van der Waals surface area contributed by atoms with Crippen LogP contribution in [0.4, 0.5) is 10.1 Å².